The van der Waals surface area contributed by atoms with Crippen molar-refractivity contribution in [2.75, 3.05) is 0 Å². The number of carbonyl (C=O) groups is 1. The van der Waals surface area contributed by atoms with E-state index in [2.05, 4.69) is 4.72 Å². The van der Waals surface area contributed by atoms with Gasteiger partial charge in [0.1, 0.15) is 4.21 Å². The second kappa shape index (κ2) is 5.60. The minimum Gasteiger partial charge on any atom is -0.478 e. The van der Waals surface area contributed by atoms with Crippen LogP contribution in [-0.2, 0) is 10.0 Å². The van der Waals surface area contributed by atoms with E-state index in [9.17, 15) is 13.2 Å². The van der Waals surface area contributed by atoms with Crippen LogP contribution in [-0.4, -0.2) is 25.5 Å². The average Bonchev–Trinajstić information content (AvgIpc) is 3.00. The Kier molecular flexibility index (Phi) is 4.27. The Morgan fingerprint density at radius 2 is 2.11 bits per heavy atom. The van der Waals surface area contributed by atoms with Gasteiger partial charge >= 0.3 is 5.97 Å². The van der Waals surface area contributed by atoms with Crippen LogP contribution in [0.5, 0.6) is 0 Å². The molecule has 2 rings (SSSR count). The van der Waals surface area contributed by atoms with Crippen molar-refractivity contribution < 1.29 is 18.3 Å². The fraction of sp³-hybridized carbons (Fsp3) is 0.583. The summed E-state index contributed by atoms with van der Waals surface area (Å²) >= 11 is 0.938. The van der Waals surface area contributed by atoms with Crippen molar-refractivity contribution in [3.05, 3.63) is 17.0 Å². The molecule has 0 amide bonds. The Balaban J connectivity index is 2.10. The first-order valence-corrected chi connectivity index (χ1v) is 8.60. The quantitative estimate of drug-likeness (QED) is 0.874. The molecule has 5 nitrogen and oxygen atoms in total. The van der Waals surface area contributed by atoms with E-state index in [0.29, 0.717) is 5.92 Å². The summed E-state index contributed by atoms with van der Waals surface area (Å²) in [7, 11) is -3.60. The lowest BCUT2D eigenvalue weighted by atomic mass is 10.0. The summed E-state index contributed by atoms with van der Waals surface area (Å²) in [5, 5.41) is 10.2. The monoisotopic (exact) mass is 303 g/mol. The van der Waals surface area contributed by atoms with Crippen LogP contribution in [0.3, 0.4) is 0 Å². The SMILES string of the molecule is C[C@H](NS(=O)(=O)c1cc(C(=O)O)cs1)C1CCCC1. The van der Waals surface area contributed by atoms with E-state index >= 15 is 0 Å². The summed E-state index contributed by atoms with van der Waals surface area (Å²) in [4.78, 5) is 10.8. The van der Waals surface area contributed by atoms with E-state index in [1.807, 2.05) is 6.92 Å². The summed E-state index contributed by atoms with van der Waals surface area (Å²) in [6.45, 7) is 1.87. The Labute approximate surface area is 116 Å². The zero-order chi connectivity index (χ0) is 14.0. The van der Waals surface area contributed by atoms with Gasteiger partial charge in [0.25, 0.3) is 0 Å². The first-order chi connectivity index (χ1) is 8.90. The summed E-state index contributed by atoms with van der Waals surface area (Å²) in [5.41, 5.74) is 0.0129. The van der Waals surface area contributed by atoms with E-state index < -0.39 is 16.0 Å². The highest BCUT2D eigenvalue weighted by Crippen LogP contribution is 2.29. The van der Waals surface area contributed by atoms with Gasteiger partial charge in [-0.25, -0.2) is 17.9 Å². The van der Waals surface area contributed by atoms with Gasteiger partial charge in [-0.1, -0.05) is 12.8 Å². The number of nitrogens with one attached hydrogen (secondary N) is 1. The summed E-state index contributed by atoms with van der Waals surface area (Å²) in [5.74, 6) is -0.727. The lowest BCUT2D eigenvalue weighted by Gasteiger charge is -2.19. The lowest BCUT2D eigenvalue weighted by Crippen LogP contribution is -2.36. The molecular weight excluding hydrogens is 286 g/mol. The van der Waals surface area contributed by atoms with Gasteiger partial charge in [0.15, 0.2) is 0 Å². The van der Waals surface area contributed by atoms with Crippen LogP contribution in [0.1, 0.15) is 43.0 Å². The number of hydrogen-bond acceptors (Lipinski definition) is 4. The van der Waals surface area contributed by atoms with Gasteiger partial charge in [0.2, 0.25) is 10.0 Å². The summed E-state index contributed by atoms with van der Waals surface area (Å²) in [6, 6.07) is 1.10. The van der Waals surface area contributed by atoms with Crippen LogP contribution >= 0.6 is 11.3 Å². The molecular formula is C12H17NO4S2. The van der Waals surface area contributed by atoms with Gasteiger partial charge in [0.05, 0.1) is 5.56 Å². The fourth-order valence-electron chi connectivity index (χ4n) is 2.43. The zero-order valence-corrected chi connectivity index (χ0v) is 12.3. The molecule has 1 aliphatic rings. The van der Waals surface area contributed by atoms with E-state index in [0.717, 1.165) is 37.0 Å². The highest BCUT2D eigenvalue weighted by atomic mass is 32.2. The molecule has 1 heterocycles. The molecule has 0 saturated heterocycles. The van der Waals surface area contributed by atoms with Gasteiger partial charge in [-0.2, -0.15) is 0 Å². The largest absolute Gasteiger partial charge is 0.478 e. The molecule has 0 unspecified atom stereocenters. The Bertz CT molecular complexity index is 558. The van der Waals surface area contributed by atoms with Crippen molar-refractivity contribution in [1.82, 2.24) is 4.72 Å². The van der Waals surface area contributed by atoms with Crippen molar-refractivity contribution in [3.63, 3.8) is 0 Å². The van der Waals surface area contributed by atoms with Crippen LogP contribution in [0.15, 0.2) is 15.7 Å². The van der Waals surface area contributed by atoms with E-state index in [4.69, 9.17) is 5.11 Å². The molecule has 2 N–H and O–H groups in total. The Morgan fingerprint density at radius 1 is 1.47 bits per heavy atom. The molecule has 19 heavy (non-hydrogen) atoms. The Hall–Kier alpha value is -0.920. The molecule has 1 saturated carbocycles. The van der Waals surface area contributed by atoms with Crippen LogP contribution in [0.25, 0.3) is 0 Å². The normalized spacial score (nSPS) is 18.6. The van der Waals surface area contributed by atoms with Crippen LogP contribution in [0, 0.1) is 5.92 Å². The first-order valence-electron chi connectivity index (χ1n) is 6.24. The molecule has 0 aliphatic heterocycles. The number of sulfonamides is 1. The first kappa shape index (κ1) is 14.5. The van der Waals surface area contributed by atoms with Gasteiger partial charge in [-0.15, -0.1) is 11.3 Å². The van der Waals surface area contributed by atoms with E-state index in [1.54, 1.807) is 0 Å². The minimum atomic E-state index is -3.60. The number of rotatable bonds is 5. The zero-order valence-electron chi connectivity index (χ0n) is 10.6. The Morgan fingerprint density at radius 3 is 2.63 bits per heavy atom. The molecule has 1 aromatic rings. The number of carboxylic acids is 1. The number of thiophene rings is 1. The third kappa shape index (κ3) is 3.34. The standard InChI is InChI=1S/C12H17NO4S2/c1-8(9-4-2-3-5-9)13-19(16,17)11-6-10(7-18-11)12(14)15/h6-9,13H,2-5H2,1H3,(H,14,15)/t8-/m0/s1. The third-order valence-electron chi connectivity index (χ3n) is 3.54. The molecule has 0 spiro atoms. The highest BCUT2D eigenvalue weighted by Gasteiger charge is 2.27. The van der Waals surface area contributed by atoms with Gasteiger partial charge in [-0.05, 0) is 31.7 Å². The molecule has 0 aromatic carbocycles. The summed E-state index contributed by atoms with van der Waals surface area (Å²) in [6.07, 6.45) is 4.40. The second-order valence-electron chi connectivity index (χ2n) is 4.91. The summed E-state index contributed by atoms with van der Waals surface area (Å²) < 4.78 is 27.0. The molecule has 106 valence electrons. The van der Waals surface area contributed by atoms with Crippen LogP contribution in [0.2, 0.25) is 0 Å². The molecule has 0 bridgehead atoms. The van der Waals surface area contributed by atoms with Crippen molar-refractivity contribution in [2.24, 2.45) is 5.92 Å². The maximum atomic E-state index is 12.1. The average molecular weight is 303 g/mol. The predicted molar refractivity (Wildman–Crippen MR) is 73.0 cm³/mol. The molecule has 1 aromatic heterocycles. The van der Waals surface area contributed by atoms with Gasteiger partial charge in [-0.3, -0.25) is 0 Å². The molecule has 0 radical (unpaired) electrons. The van der Waals surface area contributed by atoms with Crippen LogP contribution < -0.4 is 4.72 Å². The van der Waals surface area contributed by atoms with E-state index in [-0.39, 0.29) is 15.8 Å². The van der Waals surface area contributed by atoms with Crippen molar-refractivity contribution in [1.29, 1.82) is 0 Å². The van der Waals surface area contributed by atoms with E-state index in [1.165, 1.54) is 11.4 Å². The number of carboxylic acid groups (broad SMARTS) is 1. The second-order valence-corrected chi connectivity index (χ2v) is 7.77. The maximum absolute atomic E-state index is 12.1. The molecule has 1 atom stereocenters. The number of aromatic carboxylic acids is 1. The van der Waals surface area contributed by atoms with Crippen molar-refractivity contribution >= 4 is 27.3 Å². The topological polar surface area (TPSA) is 83.5 Å². The van der Waals surface area contributed by atoms with Crippen molar-refractivity contribution in [3.8, 4) is 0 Å². The van der Waals surface area contributed by atoms with Crippen LogP contribution in [0.4, 0.5) is 0 Å². The maximum Gasteiger partial charge on any atom is 0.336 e. The molecule has 7 heteroatoms. The number of hydrogen-bond donors (Lipinski definition) is 2. The molecule has 1 fully saturated rings. The molecule has 1 aliphatic carbocycles. The predicted octanol–water partition coefficient (Wildman–Crippen LogP) is 2.30. The smallest absolute Gasteiger partial charge is 0.336 e. The van der Waals surface area contributed by atoms with Gasteiger partial charge in [0, 0.05) is 11.4 Å². The van der Waals surface area contributed by atoms with Crippen molar-refractivity contribution in [2.45, 2.75) is 42.9 Å². The third-order valence-corrected chi connectivity index (χ3v) is 6.53. The lowest BCUT2D eigenvalue weighted by molar-refractivity contribution is 0.0697. The fourth-order valence-corrected chi connectivity index (χ4v) is 4.91. The minimum absolute atomic E-state index is 0.0129. The van der Waals surface area contributed by atoms with Gasteiger partial charge < -0.3 is 5.11 Å². The highest BCUT2D eigenvalue weighted by molar-refractivity contribution is 7.91.